The number of aldehydes is 1. The highest BCUT2D eigenvalue weighted by Crippen LogP contribution is 2.01. The number of methoxy groups -OCH3 is 1. The molecule has 5 heteroatoms. The minimum atomic E-state index is -0.593. The second kappa shape index (κ2) is 2.96. The van der Waals surface area contributed by atoms with Gasteiger partial charge >= 0.3 is 5.97 Å². The Bertz CT molecular complexity index is 279. The van der Waals surface area contributed by atoms with Gasteiger partial charge in [-0.1, -0.05) is 0 Å². The SMILES string of the molecule is COC(=O)c1[nH]ncc1C=O. The van der Waals surface area contributed by atoms with E-state index in [-0.39, 0.29) is 11.3 Å². The van der Waals surface area contributed by atoms with Gasteiger partial charge in [0.25, 0.3) is 0 Å². The number of hydrogen-bond acceptors (Lipinski definition) is 4. The summed E-state index contributed by atoms with van der Waals surface area (Å²) in [5.41, 5.74) is 0.291. The Morgan fingerprint density at radius 3 is 3.09 bits per heavy atom. The fraction of sp³-hybridized carbons (Fsp3) is 0.167. The molecule has 0 aliphatic rings. The van der Waals surface area contributed by atoms with E-state index in [2.05, 4.69) is 14.9 Å². The predicted octanol–water partition coefficient (Wildman–Crippen LogP) is 0.00880. The van der Waals surface area contributed by atoms with Crippen molar-refractivity contribution in [3.63, 3.8) is 0 Å². The van der Waals surface area contributed by atoms with Crippen LogP contribution < -0.4 is 0 Å². The molecule has 1 heterocycles. The van der Waals surface area contributed by atoms with E-state index in [0.717, 1.165) is 0 Å². The zero-order valence-corrected chi connectivity index (χ0v) is 5.83. The molecule has 0 unspecified atom stereocenters. The molecule has 0 bridgehead atoms. The largest absolute Gasteiger partial charge is 0.464 e. The lowest BCUT2D eigenvalue weighted by Crippen LogP contribution is -2.04. The number of hydrogen-bond donors (Lipinski definition) is 1. The van der Waals surface area contributed by atoms with Crippen molar-refractivity contribution in [2.45, 2.75) is 0 Å². The Balaban J connectivity index is 3.01. The molecule has 1 N–H and O–H groups in total. The third kappa shape index (κ3) is 1.26. The molecule has 1 rings (SSSR count). The quantitative estimate of drug-likeness (QED) is 0.481. The Morgan fingerprint density at radius 2 is 2.55 bits per heavy atom. The van der Waals surface area contributed by atoms with Crippen molar-refractivity contribution in [1.29, 1.82) is 0 Å². The van der Waals surface area contributed by atoms with Crippen LogP contribution in [-0.2, 0) is 4.74 Å². The van der Waals surface area contributed by atoms with Gasteiger partial charge in [-0.05, 0) is 0 Å². The lowest BCUT2D eigenvalue weighted by atomic mass is 10.3. The third-order valence-corrected chi connectivity index (χ3v) is 1.19. The summed E-state index contributed by atoms with van der Waals surface area (Å²) in [6.07, 6.45) is 1.80. The molecule has 5 nitrogen and oxygen atoms in total. The number of ether oxygens (including phenoxy) is 1. The van der Waals surface area contributed by atoms with Gasteiger partial charge in [-0.15, -0.1) is 0 Å². The molecule has 0 aromatic carbocycles. The molecule has 0 atom stereocenters. The van der Waals surface area contributed by atoms with E-state index in [1.807, 2.05) is 0 Å². The summed E-state index contributed by atoms with van der Waals surface area (Å²) in [7, 11) is 1.23. The van der Waals surface area contributed by atoms with Crippen LogP contribution in [-0.4, -0.2) is 29.6 Å². The van der Waals surface area contributed by atoms with Crippen molar-refractivity contribution >= 4 is 12.3 Å². The molecule has 11 heavy (non-hydrogen) atoms. The van der Waals surface area contributed by atoms with Crippen LogP contribution in [0.25, 0.3) is 0 Å². The van der Waals surface area contributed by atoms with Gasteiger partial charge in [-0.25, -0.2) is 4.79 Å². The minimum Gasteiger partial charge on any atom is -0.464 e. The van der Waals surface area contributed by atoms with Crippen LogP contribution in [0.1, 0.15) is 20.8 Å². The molecule has 0 amide bonds. The fourth-order valence-electron chi connectivity index (χ4n) is 0.650. The highest BCUT2D eigenvalue weighted by Gasteiger charge is 2.12. The Labute approximate surface area is 62.4 Å². The summed E-state index contributed by atoms with van der Waals surface area (Å²) in [6, 6.07) is 0. The van der Waals surface area contributed by atoms with E-state index in [0.29, 0.717) is 6.29 Å². The summed E-state index contributed by atoms with van der Waals surface area (Å²) in [4.78, 5) is 21.0. The van der Waals surface area contributed by atoms with E-state index in [9.17, 15) is 9.59 Å². The monoisotopic (exact) mass is 154 g/mol. The highest BCUT2D eigenvalue weighted by atomic mass is 16.5. The van der Waals surface area contributed by atoms with Crippen LogP contribution in [0.2, 0.25) is 0 Å². The summed E-state index contributed by atoms with van der Waals surface area (Å²) in [6.45, 7) is 0. The molecule has 58 valence electrons. The standard InChI is InChI=1S/C6H6N2O3/c1-11-6(10)5-4(3-9)2-7-8-5/h2-3H,1H3,(H,7,8). The van der Waals surface area contributed by atoms with Gasteiger partial charge in [0.2, 0.25) is 0 Å². The molecule has 1 aromatic heterocycles. The first-order valence-corrected chi connectivity index (χ1v) is 2.86. The first kappa shape index (κ1) is 7.46. The average molecular weight is 154 g/mol. The van der Waals surface area contributed by atoms with E-state index in [4.69, 9.17) is 0 Å². The molecule has 0 aliphatic heterocycles. The zero-order chi connectivity index (χ0) is 8.27. The van der Waals surface area contributed by atoms with Gasteiger partial charge in [0, 0.05) is 0 Å². The van der Waals surface area contributed by atoms with Gasteiger partial charge in [-0.2, -0.15) is 5.10 Å². The summed E-state index contributed by atoms with van der Waals surface area (Å²) in [5, 5.41) is 5.86. The van der Waals surface area contributed by atoms with E-state index < -0.39 is 5.97 Å². The van der Waals surface area contributed by atoms with Gasteiger partial charge in [0.05, 0.1) is 18.9 Å². The number of carbonyl (C=O) groups is 2. The first-order chi connectivity index (χ1) is 5.29. The van der Waals surface area contributed by atoms with E-state index >= 15 is 0 Å². The molecular weight excluding hydrogens is 148 g/mol. The number of rotatable bonds is 2. The molecule has 0 spiro atoms. The van der Waals surface area contributed by atoms with Crippen molar-refractivity contribution in [3.05, 3.63) is 17.5 Å². The maximum absolute atomic E-state index is 10.8. The van der Waals surface area contributed by atoms with Crippen LogP contribution in [0, 0.1) is 0 Å². The van der Waals surface area contributed by atoms with Crippen LogP contribution in [0.3, 0.4) is 0 Å². The number of esters is 1. The van der Waals surface area contributed by atoms with Gasteiger partial charge in [0.1, 0.15) is 0 Å². The highest BCUT2D eigenvalue weighted by molar-refractivity contribution is 5.96. The van der Waals surface area contributed by atoms with Gasteiger partial charge < -0.3 is 4.74 Å². The number of carbonyl (C=O) groups excluding carboxylic acids is 2. The minimum absolute atomic E-state index is 0.0856. The second-order valence-electron chi connectivity index (χ2n) is 1.81. The van der Waals surface area contributed by atoms with Crippen LogP contribution in [0.4, 0.5) is 0 Å². The molecule has 0 radical (unpaired) electrons. The molecular formula is C6H6N2O3. The van der Waals surface area contributed by atoms with Crippen LogP contribution in [0.15, 0.2) is 6.20 Å². The molecule has 0 fully saturated rings. The molecule has 1 aromatic rings. The summed E-state index contributed by atoms with van der Waals surface area (Å²) in [5.74, 6) is -0.593. The number of aromatic nitrogens is 2. The average Bonchev–Trinajstić information content (AvgIpc) is 2.50. The van der Waals surface area contributed by atoms with Crippen LogP contribution >= 0.6 is 0 Å². The topological polar surface area (TPSA) is 72.1 Å². The van der Waals surface area contributed by atoms with Crippen molar-refractivity contribution < 1.29 is 14.3 Å². The Morgan fingerprint density at radius 1 is 1.82 bits per heavy atom. The van der Waals surface area contributed by atoms with Crippen molar-refractivity contribution in [3.8, 4) is 0 Å². The fourth-order valence-corrected chi connectivity index (χ4v) is 0.650. The lowest BCUT2D eigenvalue weighted by molar-refractivity contribution is 0.0591. The Kier molecular flexibility index (Phi) is 2.00. The van der Waals surface area contributed by atoms with Crippen molar-refractivity contribution in [2.75, 3.05) is 7.11 Å². The third-order valence-electron chi connectivity index (χ3n) is 1.19. The van der Waals surface area contributed by atoms with E-state index in [1.54, 1.807) is 0 Å². The van der Waals surface area contributed by atoms with Crippen molar-refractivity contribution in [1.82, 2.24) is 10.2 Å². The summed E-state index contributed by atoms with van der Waals surface area (Å²) >= 11 is 0. The van der Waals surface area contributed by atoms with Crippen LogP contribution in [0.5, 0.6) is 0 Å². The van der Waals surface area contributed by atoms with Gasteiger partial charge in [0.15, 0.2) is 12.0 Å². The predicted molar refractivity (Wildman–Crippen MR) is 35.3 cm³/mol. The smallest absolute Gasteiger partial charge is 0.356 e. The lowest BCUT2D eigenvalue weighted by Gasteiger charge is -1.93. The number of H-pyrrole nitrogens is 1. The number of nitrogens with zero attached hydrogens (tertiary/aromatic N) is 1. The molecule has 0 saturated carbocycles. The number of nitrogens with one attached hydrogen (secondary N) is 1. The van der Waals surface area contributed by atoms with Crippen molar-refractivity contribution in [2.24, 2.45) is 0 Å². The second-order valence-corrected chi connectivity index (χ2v) is 1.81. The molecule has 0 aliphatic carbocycles. The normalized spacial score (nSPS) is 9.18. The molecule has 0 saturated heterocycles. The number of aromatic amines is 1. The first-order valence-electron chi connectivity index (χ1n) is 2.86. The summed E-state index contributed by atoms with van der Waals surface area (Å²) < 4.78 is 4.37. The van der Waals surface area contributed by atoms with Gasteiger partial charge in [-0.3, -0.25) is 9.89 Å². The van der Waals surface area contributed by atoms with E-state index in [1.165, 1.54) is 13.3 Å². The maximum atomic E-state index is 10.8. The zero-order valence-electron chi connectivity index (χ0n) is 5.83. The Hall–Kier alpha value is -1.65. The maximum Gasteiger partial charge on any atom is 0.356 e.